The van der Waals surface area contributed by atoms with Crippen LogP contribution in [0.15, 0.2) is 60.7 Å². The number of halogens is 3. The molecule has 0 saturated carbocycles. The second kappa shape index (κ2) is 15.3. The van der Waals surface area contributed by atoms with E-state index in [1.807, 2.05) is 18.2 Å². The molecule has 9 nitrogen and oxygen atoms in total. The number of urea groups is 1. The van der Waals surface area contributed by atoms with Crippen LogP contribution in [0.2, 0.25) is 0 Å². The Balaban J connectivity index is 1.14. The summed E-state index contributed by atoms with van der Waals surface area (Å²) in [7, 11) is 0. The number of hydrogen-bond acceptors (Lipinski definition) is 5. The number of amides is 4. The van der Waals surface area contributed by atoms with Crippen molar-refractivity contribution in [1.82, 2.24) is 15.6 Å². The van der Waals surface area contributed by atoms with Crippen LogP contribution >= 0.6 is 0 Å². The number of rotatable bonds is 13. The number of carbonyl (C=O) groups is 3. The number of fused-ring (bicyclic) bond motifs is 4. The van der Waals surface area contributed by atoms with E-state index < -0.39 is 11.7 Å². The van der Waals surface area contributed by atoms with Gasteiger partial charge in [-0.15, -0.1) is 0 Å². The van der Waals surface area contributed by atoms with Crippen LogP contribution < -0.4 is 25.8 Å². The zero-order valence-corrected chi connectivity index (χ0v) is 26.5. The van der Waals surface area contributed by atoms with Crippen molar-refractivity contribution in [3.05, 3.63) is 71.8 Å². The number of carbonyl (C=O) groups excluding carboxylic acids is 3. The Morgan fingerprint density at radius 3 is 2.45 bits per heavy atom. The van der Waals surface area contributed by atoms with E-state index in [1.165, 1.54) is 6.07 Å². The lowest BCUT2D eigenvalue weighted by Crippen LogP contribution is -2.48. The summed E-state index contributed by atoms with van der Waals surface area (Å²) in [5.74, 6) is 0.461. The maximum Gasteiger partial charge on any atom is 0.416 e. The zero-order chi connectivity index (χ0) is 33.4. The molecule has 47 heavy (non-hydrogen) atoms. The van der Waals surface area contributed by atoms with Crippen LogP contribution in [0.25, 0.3) is 11.3 Å². The van der Waals surface area contributed by atoms with Crippen LogP contribution in [-0.4, -0.2) is 48.5 Å². The quantitative estimate of drug-likeness (QED) is 0.175. The van der Waals surface area contributed by atoms with Crippen molar-refractivity contribution in [3.8, 4) is 11.3 Å². The summed E-state index contributed by atoms with van der Waals surface area (Å²) in [6.07, 6.45) is 1.58. The third-order valence-corrected chi connectivity index (χ3v) is 8.51. The fraction of sp³-hybridized carbons (Fsp3) is 0.429. The van der Waals surface area contributed by atoms with Gasteiger partial charge in [0.05, 0.1) is 23.0 Å². The van der Waals surface area contributed by atoms with Crippen molar-refractivity contribution in [3.63, 3.8) is 0 Å². The van der Waals surface area contributed by atoms with Gasteiger partial charge in [0, 0.05) is 50.3 Å². The van der Waals surface area contributed by atoms with Gasteiger partial charge < -0.3 is 20.9 Å². The van der Waals surface area contributed by atoms with Crippen LogP contribution in [-0.2, 0) is 22.3 Å². The molecule has 2 aliphatic heterocycles. The first kappa shape index (κ1) is 33.7. The van der Waals surface area contributed by atoms with E-state index in [1.54, 1.807) is 29.2 Å². The number of unbranched alkanes of at least 4 members (excludes halogenated alkanes) is 3. The lowest BCUT2D eigenvalue weighted by Gasteiger charge is -2.36. The fourth-order valence-corrected chi connectivity index (χ4v) is 5.91. The SMILES string of the molecule is CCCCC(=O)NCCCCCC(=O)NCc1ccc(NC(=O)N2c3nc(-c4cccc(C(F)(F)F)c4)ccc3N3CC[C@H]2C3)cc1. The molecule has 5 rings (SSSR count). The van der Waals surface area contributed by atoms with Crippen molar-refractivity contribution in [1.29, 1.82) is 0 Å². The number of anilines is 3. The predicted octanol–water partition coefficient (Wildman–Crippen LogP) is 6.88. The minimum atomic E-state index is -4.47. The first-order chi connectivity index (χ1) is 22.6. The van der Waals surface area contributed by atoms with E-state index >= 15 is 0 Å². The Labute approximate surface area is 272 Å². The summed E-state index contributed by atoms with van der Waals surface area (Å²) in [5.41, 5.74) is 2.14. The van der Waals surface area contributed by atoms with Crippen LogP contribution in [0, 0.1) is 0 Å². The highest BCUT2D eigenvalue weighted by Gasteiger charge is 2.40. The molecule has 0 unspecified atom stereocenters. The molecule has 1 atom stereocenters. The number of pyridine rings is 1. The van der Waals surface area contributed by atoms with Gasteiger partial charge in [0.15, 0.2) is 5.82 Å². The maximum absolute atomic E-state index is 13.6. The standard InChI is InChI=1S/C35H41F3N6O3/c1-2-3-10-31(45)39-19-6-4-5-11-32(46)40-22-24-12-14-27(15-13-24)41-34(47)44-28-18-20-43(23-28)30-17-16-29(42-33(30)44)25-8-7-9-26(21-25)35(36,37)38/h7-9,12-17,21,28H,2-6,10-11,18-20,22-23H2,1H3,(H,39,45)(H,40,46)(H,41,47)/t28-/m0/s1. The van der Waals surface area contributed by atoms with Crippen molar-refractivity contribution < 1.29 is 27.6 Å². The van der Waals surface area contributed by atoms with Gasteiger partial charge in [0.25, 0.3) is 0 Å². The van der Waals surface area contributed by atoms with Gasteiger partial charge in [-0.05, 0) is 67.6 Å². The van der Waals surface area contributed by atoms with Crippen molar-refractivity contribution >= 4 is 35.0 Å². The molecule has 3 N–H and O–H groups in total. The monoisotopic (exact) mass is 650 g/mol. The summed E-state index contributed by atoms with van der Waals surface area (Å²) in [4.78, 5) is 46.0. The predicted molar refractivity (Wildman–Crippen MR) is 176 cm³/mol. The largest absolute Gasteiger partial charge is 0.416 e. The Morgan fingerprint density at radius 1 is 0.915 bits per heavy atom. The molecule has 0 radical (unpaired) electrons. The molecule has 3 heterocycles. The van der Waals surface area contributed by atoms with Gasteiger partial charge in [-0.25, -0.2) is 9.78 Å². The van der Waals surface area contributed by atoms with Crippen LogP contribution in [0.4, 0.5) is 35.2 Å². The smallest absolute Gasteiger partial charge is 0.366 e. The molecule has 2 aromatic carbocycles. The molecule has 0 aliphatic carbocycles. The third kappa shape index (κ3) is 8.81. The van der Waals surface area contributed by atoms with E-state index in [4.69, 9.17) is 4.98 Å². The molecule has 12 heteroatoms. The van der Waals surface area contributed by atoms with E-state index in [0.717, 1.165) is 68.5 Å². The topological polar surface area (TPSA) is 107 Å². The average Bonchev–Trinajstić information content (AvgIpc) is 3.48. The molecular weight excluding hydrogens is 609 g/mol. The zero-order valence-electron chi connectivity index (χ0n) is 26.5. The molecular formula is C35H41F3N6O3. The molecule has 4 amide bonds. The third-order valence-electron chi connectivity index (χ3n) is 8.51. The molecule has 3 aromatic rings. The Bertz CT molecular complexity index is 1560. The maximum atomic E-state index is 13.6. The number of nitrogens with one attached hydrogen (secondary N) is 3. The molecule has 1 fully saturated rings. The van der Waals surface area contributed by atoms with Gasteiger partial charge in [0.1, 0.15) is 0 Å². The van der Waals surface area contributed by atoms with Gasteiger partial charge in [0.2, 0.25) is 11.8 Å². The highest BCUT2D eigenvalue weighted by Crippen LogP contribution is 2.41. The van der Waals surface area contributed by atoms with Crippen molar-refractivity contribution in [2.45, 2.75) is 77.1 Å². The van der Waals surface area contributed by atoms with Gasteiger partial charge >= 0.3 is 12.2 Å². The average molecular weight is 651 g/mol. The summed E-state index contributed by atoms with van der Waals surface area (Å²) >= 11 is 0. The summed E-state index contributed by atoms with van der Waals surface area (Å²) in [6.45, 7) is 4.45. The Hall–Kier alpha value is -4.61. The highest BCUT2D eigenvalue weighted by molar-refractivity contribution is 6.04. The minimum absolute atomic E-state index is 0.0410. The highest BCUT2D eigenvalue weighted by atomic mass is 19.4. The van der Waals surface area contributed by atoms with Crippen molar-refractivity contribution in [2.24, 2.45) is 0 Å². The van der Waals surface area contributed by atoms with Gasteiger partial charge in [-0.3, -0.25) is 14.5 Å². The lowest BCUT2D eigenvalue weighted by molar-refractivity contribution is -0.137. The van der Waals surface area contributed by atoms with Gasteiger partial charge in [-0.2, -0.15) is 13.2 Å². The molecule has 1 saturated heterocycles. The summed E-state index contributed by atoms with van der Waals surface area (Å²) < 4.78 is 40.1. The molecule has 1 aromatic heterocycles. The number of benzene rings is 2. The molecule has 2 bridgehead atoms. The first-order valence-corrected chi connectivity index (χ1v) is 16.3. The molecule has 250 valence electrons. The molecule has 0 spiro atoms. The number of aromatic nitrogens is 1. The van der Waals surface area contributed by atoms with E-state index in [2.05, 4.69) is 27.8 Å². The number of alkyl halides is 3. The van der Waals surface area contributed by atoms with E-state index in [-0.39, 0.29) is 23.9 Å². The minimum Gasteiger partial charge on any atom is -0.366 e. The Morgan fingerprint density at radius 2 is 1.68 bits per heavy atom. The lowest BCUT2D eigenvalue weighted by atomic mass is 10.1. The Kier molecular flexibility index (Phi) is 11.0. The first-order valence-electron chi connectivity index (χ1n) is 16.3. The van der Waals surface area contributed by atoms with E-state index in [0.29, 0.717) is 55.2 Å². The van der Waals surface area contributed by atoms with Gasteiger partial charge in [-0.1, -0.05) is 44.0 Å². The number of nitrogens with zero attached hydrogens (tertiary/aromatic N) is 3. The second-order valence-electron chi connectivity index (χ2n) is 12.0. The van der Waals surface area contributed by atoms with Crippen LogP contribution in [0.1, 0.15) is 69.4 Å². The summed E-state index contributed by atoms with van der Waals surface area (Å²) in [5, 5.41) is 8.77. The normalized spacial score (nSPS) is 15.3. The number of hydrogen-bond donors (Lipinski definition) is 3. The van der Waals surface area contributed by atoms with Crippen molar-refractivity contribution in [2.75, 3.05) is 34.8 Å². The van der Waals surface area contributed by atoms with Crippen LogP contribution in [0.3, 0.4) is 0 Å². The second-order valence-corrected chi connectivity index (χ2v) is 12.0. The summed E-state index contributed by atoms with van der Waals surface area (Å²) in [6, 6.07) is 15.3. The molecule has 2 aliphatic rings. The van der Waals surface area contributed by atoms with Crippen LogP contribution in [0.5, 0.6) is 0 Å². The fourth-order valence-electron chi connectivity index (χ4n) is 5.91. The van der Waals surface area contributed by atoms with E-state index in [9.17, 15) is 27.6 Å².